The molecule has 2 N–H and O–H groups in total. The van der Waals surface area contributed by atoms with E-state index in [-0.39, 0.29) is 5.78 Å². The normalized spacial score (nSPS) is 14.6. The summed E-state index contributed by atoms with van der Waals surface area (Å²) >= 11 is 0. The topological polar surface area (TPSA) is 70.1 Å². The molecule has 0 spiro atoms. The molecule has 0 aromatic carbocycles. The van der Waals surface area contributed by atoms with E-state index >= 15 is 0 Å². The third-order valence-electron chi connectivity index (χ3n) is 3.12. The average Bonchev–Trinajstić information content (AvgIpc) is 2.68. The lowest BCUT2D eigenvalue weighted by molar-refractivity contribution is 0.0806. The first-order chi connectivity index (χ1) is 7.50. The fourth-order valence-electron chi connectivity index (χ4n) is 1.51. The number of aromatic nitrogens is 2. The predicted octanol–water partition coefficient (Wildman–Crippen LogP) is 0.986. The van der Waals surface area contributed by atoms with Crippen molar-refractivity contribution in [2.75, 3.05) is 13.7 Å². The maximum absolute atomic E-state index is 12.4. The average molecular weight is 225 g/mol. The number of carbonyl (C=O) groups is 1. The minimum absolute atomic E-state index is 0.0191. The molecule has 0 aliphatic heterocycles. The quantitative estimate of drug-likeness (QED) is 0.758. The Hall–Kier alpha value is -1.36. The Kier molecular flexibility index (Phi) is 3.70. The summed E-state index contributed by atoms with van der Waals surface area (Å²) in [4.78, 5) is 12.4. The molecule has 0 fully saturated rings. The number of rotatable bonds is 5. The van der Waals surface area contributed by atoms with Crippen LogP contribution in [-0.2, 0) is 7.05 Å². The first-order valence-corrected chi connectivity index (χ1v) is 5.31. The van der Waals surface area contributed by atoms with E-state index in [1.807, 2.05) is 13.8 Å². The van der Waals surface area contributed by atoms with Crippen LogP contribution in [-0.4, -0.2) is 29.2 Å². The number of ether oxygens (including phenoxy) is 1. The van der Waals surface area contributed by atoms with E-state index in [1.165, 1.54) is 11.8 Å². The third-order valence-corrected chi connectivity index (χ3v) is 3.12. The van der Waals surface area contributed by atoms with Crippen LogP contribution in [0.3, 0.4) is 0 Å². The molecule has 1 rings (SSSR count). The van der Waals surface area contributed by atoms with Crippen molar-refractivity contribution in [1.29, 1.82) is 0 Å². The zero-order chi connectivity index (χ0) is 12.3. The first kappa shape index (κ1) is 12.7. The van der Waals surface area contributed by atoms with Crippen molar-refractivity contribution in [2.24, 2.45) is 18.2 Å². The second-order valence-corrected chi connectivity index (χ2v) is 4.13. The van der Waals surface area contributed by atoms with Crippen molar-refractivity contribution < 1.29 is 9.53 Å². The summed E-state index contributed by atoms with van der Waals surface area (Å²) in [5.41, 5.74) is 5.60. The van der Waals surface area contributed by atoms with Crippen LogP contribution in [0, 0.1) is 5.41 Å². The lowest BCUT2D eigenvalue weighted by atomic mass is 9.81. The SMILES string of the molecule is CCC(C)(CN)C(=O)c1c(OC)cnn1C. The van der Waals surface area contributed by atoms with Crippen molar-refractivity contribution in [3.8, 4) is 5.75 Å². The van der Waals surface area contributed by atoms with Crippen molar-refractivity contribution in [3.05, 3.63) is 11.9 Å². The van der Waals surface area contributed by atoms with Crippen molar-refractivity contribution >= 4 is 5.78 Å². The van der Waals surface area contributed by atoms with Gasteiger partial charge in [-0.2, -0.15) is 5.10 Å². The molecule has 1 atom stereocenters. The number of methoxy groups -OCH3 is 1. The number of carbonyl (C=O) groups excluding carboxylic acids is 1. The lowest BCUT2D eigenvalue weighted by Crippen LogP contribution is -2.36. The Morgan fingerprint density at radius 3 is 2.75 bits per heavy atom. The van der Waals surface area contributed by atoms with E-state index in [0.29, 0.717) is 24.4 Å². The van der Waals surface area contributed by atoms with Gasteiger partial charge in [0, 0.05) is 19.0 Å². The lowest BCUT2D eigenvalue weighted by Gasteiger charge is -2.24. The number of nitrogens with two attached hydrogens (primary N) is 1. The molecule has 1 aromatic rings. The highest BCUT2D eigenvalue weighted by Gasteiger charge is 2.34. The molecule has 5 heteroatoms. The minimum Gasteiger partial charge on any atom is -0.493 e. The number of hydrogen-bond donors (Lipinski definition) is 1. The monoisotopic (exact) mass is 225 g/mol. The van der Waals surface area contributed by atoms with Crippen molar-refractivity contribution in [2.45, 2.75) is 20.3 Å². The summed E-state index contributed by atoms with van der Waals surface area (Å²) in [6.07, 6.45) is 2.23. The summed E-state index contributed by atoms with van der Waals surface area (Å²) in [6, 6.07) is 0. The van der Waals surface area contributed by atoms with Gasteiger partial charge in [0.1, 0.15) is 5.69 Å². The van der Waals surface area contributed by atoms with E-state index < -0.39 is 5.41 Å². The highest BCUT2D eigenvalue weighted by atomic mass is 16.5. The highest BCUT2D eigenvalue weighted by Crippen LogP contribution is 2.29. The summed E-state index contributed by atoms with van der Waals surface area (Å²) in [6.45, 7) is 4.13. The van der Waals surface area contributed by atoms with Crippen LogP contribution in [0.4, 0.5) is 0 Å². The second-order valence-electron chi connectivity index (χ2n) is 4.13. The van der Waals surface area contributed by atoms with Crippen LogP contribution in [0.2, 0.25) is 0 Å². The number of nitrogens with zero attached hydrogens (tertiary/aromatic N) is 2. The molecule has 0 aliphatic carbocycles. The molecule has 0 bridgehead atoms. The maximum Gasteiger partial charge on any atom is 0.191 e. The Labute approximate surface area is 95.6 Å². The van der Waals surface area contributed by atoms with Gasteiger partial charge in [-0.25, -0.2) is 0 Å². The highest BCUT2D eigenvalue weighted by molar-refractivity contribution is 6.01. The minimum atomic E-state index is -0.554. The molecule has 0 saturated carbocycles. The van der Waals surface area contributed by atoms with E-state index in [9.17, 15) is 4.79 Å². The van der Waals surface area contributed by atoms with E-state index in [0.717, 1.165) is 0 Å². The zero-order valence-electron chi connectivity index (χ0n) is 10.3. The molecular weight excluding hydrogens is 206 g/mol. The van der Waals surface area contributed by atoms with Crippen LogP contribution in [0.25, 0.3) is 0 Å². The summed E-state index contributed by atoms with van der Waals surface area (Å²) < 4.78 is 6.66. The molecule has 0 saturated heterocycles. The van der Waals surface area contributed by atoms with Gasteiger partial charge in [-0.15, -0.1) is 0 Å². The van der Waals surface area contributed by atoms with Crippen molar-refractivity contribution in [1.82, 2.24) is 9.78 Å². The number of hydrogen-bond acceptors (Lipinski definition) is 4. The second kappa shape index (κ2) is 4.65. The maximum atomic E-state index is 12.4. The third kappa shape index (κ3) is 1.95. The first-order valence-electron chi connectivity index (χ1n) is 5.31. The van der Waals surface area contributed by atoms with Gasteiger partial charge in [-0.3, -0.25) is 9.48 Å². The van der Waals surface area contributed by atoms with Crippen LogP contribution >= 0.6 is 0 Å². The van der Waals surface area contributed by atoms with Gasteiger partial charge in [0.25, 0.3) is 0 Å². The van der Waals surface area contributed by atoms with E-state index in [2.05, 4.69) is 5.10 Å². The summed E-state index contributed by atoms with van der Waals surface area (Å²) in [7, 11) is 3.25. The Morgan fingerprint density at radius 2 is 2.31 bits per heavy atom. The molecule has 1 unspecified atom stereocenters. The molecule has 0 amide bonds. The largest absolute Gasteiger partial charge is 0.493 e. The van der Waals surface area contributed by atoms with Gasteiger partial charge in [-0.1, -0.05) is 13.8 Å². The molecule has 1 heterocycles. The van der Waals surface area contributed by atoms with Crippen LogP contribution < -0.4 is 10.5 Å². The number of Topliss-reactive ketones (excluding diaryl/α,β-unsaturated/α-hetero) is 1. The Bertz CT molecular complexity index is 381. The van der Waals surface area contributed by atoms with Gasteiger partial charge >= 0.3 is 0 Å². The van der Waals surface area contributed by atoms with Gasteiger partial charge in [0.05, 0.1) is 13.3 Å². The standard InChI is InChI=1S/C11H19N3O2/c1-5-11(2,7-12)10(15)9-8(16-4)6-13-14(9)3/h6H,5,7,12H2,1-4H3. The molecule has 90 valence electrons. The molecule has 0 radical (unpaired) electrons. The van der Waals surface area contributed by atoms with Gasteiger partial charge < -0.3 is 10.5 Å². The summed E-state index contributed by atoms with van der Waals surface area (Å²) in [5, 5.41) is 4.02. The van der Waals surface area contributed by atoms with Gasteiger partial charge in [-0.05, 0) is 6.42 Å². The van der Waals surface area contributed by atoms with E-state index in [1.54, 1.807) is 13.2 Å². The Balaban J connectivity index is 3.18. The number of aryl methyl sites for hydroxylation is 1. The fourth-order valence-corrected chi connectivity index (χ4v) is 1.51. The molecule has 16 heavy (non-hydrogen) atoms. The van der Waals surface area contributed by atoms with Crippen LogP contribution in [0.1, 0.15) is 30.8 Å². The molecular formula is C11H19N3O2. The molecule has 1 aromatic heterocycles. The molecule has 5 nitrogen and oxygen atoms in total. The smallest absolute Gasteiger partial charge is 0.191 e. The zero-order valence-corrected chi connectivity index (χ0v) is 10.3. The predicted molar refractivity (Wildman–Crippen MR) is 61.5 cm³/mol. The van der Waals surface area contributed by atoms with Gasteiger partial charge in [0.15, 0.2) is 11.5 Å². The van der Waals surface area contributed by atoms with E-state index in [4.69, 9.17) is 10.5 Å². The Morgan fingerprint density at radius 1 is 1.69 bits per heavy atom. The van der Waals surface area contributed by atoms with Gasteiger partial charge in [0.2, 0.25) is 0 Å². The number of ketones is 1. The van der Waals surface area contributed by atoms with Crippen LogP contribution in [0.5, 0.6) is 5.75 Å². The fraction of sp³-hybridized carbons (Fsp3) is 0.636. The van der Waals surface area contributed by atoms with Crippen molar-refractivity contribution in [3.63, 3.8) is 0 Å². The van der Waals surface area contributed by atoms with Crippen LogP contribution in [0.15, 0.2) is 6.20 Å². The molecule has 0 aliphatic rings. The summed E-state index contributed by atoms with van der Waals surface area (Å²) in [5.74, 6) is 0.481.